The van der Waals surface area contributed by atoms with E-state index in [1.807, 2.05) is 0 Å². The van der Waals surface area contributed by atoms with E-state index in [9.17, 15) is 4.79 Å². The molecule has 2 aliphatic rings. The highest BCUT2D eigenvalue weighted by molar-refractivity contribution is 5.63. The van der Waals surface area contributed by atoms with Gasteiger partial charge in [-0.15, -0.1) is 0 Å². The summed E-state index contributed by atoms with van der Waals surface area (Å²) in [6, 6.07) is 0. The van der Waals surface area contributed by atoms with Gasteiger partial charge >= 0.3 is 0 Å². The molecule has 2 fully saturated rings. The Kier molecular flexibility index (Phi) is 2.18. The van der Waals surface area contributed by atoms with Gasteiger partial charge in [-0.3, -0.25) is 0 Å². The van der Waals surface area contributed by atoms with Gasteiger partial charge in [0, 0.05) is 18.6 Å². The van der Waals surface area contributed by atoms with Crippen LogP contribution >= 0.6 is 0 Å². The van der Waals surface area contributed by atoms with E-state index in [1.54, 1.807) is 0 Å². The second-order valence-corrected chi connectivity index (χ2v) is 5.08. The average Bonchev–Trinajstić information content (AvgIpc) is 2.86. The van der Waals surface area contributed by atoms with E-state index in [2.05, 4.69) is 6.92 Å². The number of hydrogen-bond acceptors (Lipinski definition) is 2. The van der Waals surface area contributed by atoms with Crippen LogP contribution in [0.15, 0.2) is 0 Å². The molecule has 0 atom stereocenters. The molecule has 1 aliphatic heterocycles. The van der Waals surface area contributed by atoms with Crippen LogP contribution in [0.1, 0.15) is 39.0 Å². The average molecular weight is 182 g/mol. The van der Waals surface area contributed by atoms with Crippen molar-refractivity contribution in [2.75, 3.05) is 13.2 Å². The highest BCUT2D eigenvalue weighted by Gasteiger charge is 2.47. The molecule has 0 radical (unpaired) electrons. The molecule has 1 heterocycles. The third-order valence-corrected chi connectivity index (χ3v) is 3.62. The molecule has 1 saturated heterocycles. The van der Waals surface area contributed by atoms with Crippen molar-refractivity contribution in [3.63, 3.8) is 0 Å². The first kappa shape index (κ1) is 9.20. The van der Waals surface area contributed by atoms with Crippen LogP contribution < -0.4 is 0 Å². The van der Waals surface area contributed by atoms with Crippen LogP contribution in [0.5, 0.6) is 0 Å². The van der Waals surface area contributed by atoms with Crippen LogP contribution in [0.2, 0.25) is 0 Å². The number of carbonyl (C=O) groups is 1. The van der Waals surface area contributed by atoms with E-state index in [1.165, 1.54) is 6.29 Å². The van der Waals surface area contributed by atoms with Crippen LogP contribution in [0.25, 0.3) is 0 Å². The Bertz CT molecular complexity index is 200. The number of aldehydes is 1. The minimum Gasteiger partial charge on any atom is -0.381 e. The summed E-state index contributed by atoms with van der Waals surface area (Å²) in [5.74, 6) is 0. The maximum atomic E-state index is 10.9. The number of ether oxygens (including phenoxy) is 1. The molecule has 2 nitrogen and oxygen atoms in total. The second-order valence-electron chi connectivity index (χ2n) is 5.08. The van der Waals surface area contributed by atoms with Crippen molar-refractivity contribution >= 4 is 6.29 Å². The predicted octanol–water partition coefficient (Wildman–Crippen LogP) is 2.17. The zero-order chi connectivity index (χ0) is 9.36. The van der Waals surface area contributed by atoms with Crippen LogP contribution in [0.3, 0.4) is 0 Å². The lowest BCUT2D eigenvalue weighted by molar-refractivity contribution is -0.114. The normalized spacial score (nSPS) is 29.6. The van der Waals surface area contributed by atoms with Crippen molar-refractivity contribution in [1.29, 1.82) is 0 Å². The summed E-state index contributed by atoms with van der Waals surface area (Å²) in [6.45, 7) is 4.07. The third kappa shape index (κ3) is 1.93. The highest BCUT2D eigenvalue weighted by Crippen LogP contribution is 2.53. The van der Waals surface area contributed by atoms with Gasteiger partial charge in [0.1, 0.15) is 6.29 Å². The molecule has 0 bridgehead atoms. The van der Waals surface area contributed by atoms with Crippen LogP contribution in [-0.4, -0.2) is 19.5 Å². The second kappa shape index (κ2) is 3.09. The molecule has 0 amide bonds. The van der Waals surface area contributed by atoms with Crippen molar-refractivity contribution in [3.05, 3.63) is 0 Å². The van der Waals surface area contributed by atoms with Gasteiger partial charge in [0.2, 0.25) is 0 Å². The molecule has 74 valence electrons. The van der Waals surface area contributed by atoms with Crippen LogP contribution in [0, 0.1) is 10.8 Å². The summed E-state index contributed by atoms with van der Waals surface area (Å²) < 4.78 is 5.35. The molecule has 0 aromatic rings. The lowest BCUT2D eigenvalue weighted by atomic mass is 9.74. The maximum absolute atomic E-state index is 10.9. The van der Waals surface area contributed by atoms with E-state index in [-0.39, 0.29) is 5.41 Å². The lowest BCUT2D eigenvalue weighted by Gasteiger charge is -2.35. The first-order chi connectivity index (χ1) is 6.18. The van der Waals surface area contributed by atoms with Gasteiger partial charge in [-0.2, -0.15) is 0 Å². The monoisotopic (exact) mass is 182 g/mol. The van der Waals surface area contributed by atoms with Crippen LogP contribution in [-0.2, 0) is 9.53 Å². The Morgan fingerprint density at radius 1 is 1.23 bits per heavy atom. The zero-order valence-corrected chi connectivity index (χ0v) is 8.34. The van der Waals surface area contributed by atoms with Crippen molar-refractivity contribution in [3.8, 4) is 0 Å². The molecular weight excluding hydrogens is 164 g/mol. The first-order valence-electron chi connectivity index (χ1n) is 5.22. The Morgan fingerprint density at radius 2 is 1.85 bits per heavy atom. The van der Waals surface area contributed by atoms with Crippen molar-refractivity contribution in [2.45, 2.75) is 39.0 Å². The van der Waals surface area contributed by atoms with Gasteiger partial charge in [0.05, 0.1) is 0 Å². The molecular formula is C11H18O2. The first-order valence-corrected chi connectivity index (χ1v) is 5.22. The molecule has 1 aliphatic carbocycles. The largest absolute Gasteiger partial charge is 0.381 e. The fourth-order valence-corrected chi connectivity index (χ4v) is 2.39. The van der Waals surface area contributed by atoms with Gasteiger partial charge in [-0.05, 0) is 37.5 Å². The van der Waals surface area contributed by atoms with E-state index in [4.69, 9.17) is 4.74 Å². The molecule has 0 spiro atoms. The van der Waals surface area contributed by atoms with E-state index in [0.29, 0.717) is 5.41 Å². The fourth-order valence-electron chi connectivity index (χ4n) is 2.39. The van der Waals surface area contributed by atoms with E-state index in [0.717, 1.165) is 45.3 Å². The van der Waals surface area contributed by atoms with Crippen LogP contribution in [0.4, 0.5) is 0 Å². The lowest BCUT2D eigenvalue weighted by Crippen LogP contribution is -2.29. The SMILES string of the molecule is CC1(CC2(C=O)CC2)CCOCC1. The summed E-state index contributed by atoms with van der Waals surface area (Å²) >= 11 is 0. The number of rotatable bonds is 3. The highest BCUT2D eigenvalue weighted by atomic mass is 16.5. The zero-order valence-electron chi connectivity index (χ0n) is 8.34. The quantitative estimate of drug-likeness (QED) is 0.625. The molecule has 0 aromatic carbocycles. The molecule has 0 unspecified atom stereocenters. The summed E-state index contributed by atoms with van der Waals surface area (Å²) in [6.07, 6.45) is 6.77. The minimum atomic E-state index is 0.0755. The van der Waals surface area contributed by atoms with Crippen molar-refractivity contribution in [1.82, 2.24) is 0 Å². The maximum Gasteiger partial charge on any atom is 0.126 e. The summed E-state index contributed by atoms with van der Waals surface area (Å²) in [7, 11) is 0. The summed E-state index contributed by atoms with van der Waals surface area (Å²) in [4.78, 5) is 10.9. The molecule has 13 heavy (non-hydrogen) atoms. The van der Waals surface area contributed by atoms with Gasteiger partial charge in [-0.1, -0.05) is 6.92 Å². The molecule has 2 heteroatoms. The fraction of sp³-hybridized carbons (Fsp3) is 0.909. The Morgan fingerprint density at radius 3 is 2.31 bits per heavy atom. The van der Waals surface area contributed by atoms with E-state index >= 15 is 0 Å². The van der Waals surface area contributed by atoms with Gasteiger partial charge in [0.15, 0.2) is 0 Å². The van der Waals surface area contributed by atoms with Crippen molar-refractivity contribution < 1.29 is 9.53 Å². The molecule has 0 aromatic heterocycles. The minimum absolute atomic E-state index is 0.0755. The smallest absolute Gasteiger partial charge is 0.126 e. The Hall–Kier alpha value is -0.370. The van der Waals surface area contributed by atoms with Crippen molar-refractivity contribution in [2.24, 2.45) is 10.8 Å². The molecule has 0 N–H and O–H groups in total. The topological polar surface area (TPSA) is 26.3 Å². The number of carbonyl (C=O) groups excluding carboxylic acids is 1. The summed E-state index contributed by atoms with van der Waals surface area (Å²) in [5, 5.41) is 0. The van der Waals surface area contributed by atoms with Gasteiger partial charge in [-0.25, -0.2) is 0 Å². The molecule has 2 rings (SSSR count). The predicted molar refractivity (Wildman–Crippen MR) is 50.5 cm³/mol. The third-order valence-electron chi connectivity index (χ3n) is 3.62. The van der Waals surface area contributed by atoms with E-state index < -0.39 is 0 Å². The number of hydrogen-bond donors (Lipinski definition) is 0. The van der Waals surface area contributed by atoms with Gasteiger partial charge < -0.3 is 9.53 Å². The Balaban J connectivity index is 1.95. The summed E-state index contributed by atoms with van der Waals surface area (Å²) in [5.41, 5.74) is 0.446. The molecule has 1 saturated carbocycles. The standard InChI is InChI=1S/C11H18O2/c1-10(4-6-13-7-5-10)8-11(9-12)2-3-11/h9H,2-8H2,1H3. The van der Waals surface area contributed by atoms with Gasteiger partial charge in [0.25, 0.3) is 0 Å². The Labute approximate surface area is 79.7 Å².